The highest BCUT2D eigenvalue weighted by molar-refractivity contribution is 7.80. The summed E-state index contributed by atoms with van der Waals surface area (Å²) in [6, 6.07) is 0.333. The summed E-state index contributed by atoms with van der Waals surface area (Å²) in [6.07, 6.45) is 2.76. The van der Waals surface area contributed by atoms with Crippen molar-refractivity contribution in [3.05, 3.63) is 0 Å². The van der Waals surface area contributed by atoms with E-state index in [2.05, 4.69) is 20.8 Å². The maximum absolute atomic E-state index is 12.7. The van der Waals surface area contributed by atoms with Crippen molar-refractivity contribution in [3.63, 3.8) is 0 Å². The van der Waals surface area contributed by atoms with Crippen LogP contribution in [0.2, 0.25) is 0 Å². The normalized spacial score (nSPS) is 41.1. The Morgan fingerprint density at radius 1 is 1.29 bits per heavy atom. The molecule has 0 aromatic carbocycles. The Labute approximate surface area is 109 Å². The number of hydrogen-bond donors (Lipinski definition) is 1. The second-order valence-corrected chi connectivity index (χ2v) is 6.55. The Bertz CT molecular complexity index is 349. The molecule has 17 heavy (non-hydrogen) atoms. The molecule has 0 bridgehead atoms. The summed E-state index contributed by atoms with van der Waals surface area (Å²) < 4.78 is 0. The number of thiocarbonyl (C=S) groups is 1. The Morgan fingerprint density at radius 3 is 2.24 bits per heavy atom. The number of hydrogen-bond acceptors (Lipinski definition) is 2. The summed E-state index contributed by atoms with van der Waals surface area (Å²) in [6.45, 7) is 7.33. The molecule has 2 fully saturated rings. The van der Waals surface area contributed by atoms with E-state index >= 15 is 0 Å². The Morgan fingerprint density at radius 2 is 1.88 bits per heavy atom. The Hall–Kier alpha value is -0.640. The highest BCUT2D eigenvalue weighted by Crippen LogP contribution is 2.48. The van der Waals surface area contributed by atoms with Gasteiger partial charge in [-0.25, -0.2) is 0 Å². The van der Waals surface area contributed by atoms with Gasteiger partial charge in [0.25, 0.3) is 0 Å². The van der Waals surface area contributed by atoms with Gasteiger partial charge >= 0.3 is 0 Å². The largest absolute Gasteiger partial charge is 0.392 e. The Balaban J connectivity index is 2.16. The van der Waals surface area contributed by atoms with Crippen LogP contribution in [0.25, 0.3) is 0 Å². The molecule has 1 aliphatic carbocycles. The van der Waals surface area contributed by atoms with Crippen LogP contribution in [0.3, 0.4) is 0 Å². The lowest BCUT2D eigenvalue weighted by Gasteiger charge is -2.46. The average molecular weight is 254 g/mol. The van der Waals surface area contributed by atoms with Crippen LogP contribution in [0, 0.1) is 17.3 Å². The SMILES string of the molecule is CC1CC(C)N(C(=O)C2(C(N)=S)CC(C)C2)C1. The number of nitrogens with two attached hydrogens (primary N) is 1. The van der Waals surface area contributed by atoms with Gasteiger partial charge < -0.3 is 10.6 Å². The van der Waals surface area contributed by atoms with E-state index in [9.17, 15) is 4.79 Å². The molecule has 0 radical (unpaired) electrons. The predicted molar refractivity (Wildman–Crippen MR) is 72.6 cm³/mol. The van der Waals surface area contributed by atoms with E-state index in [0.717, 1.165) is 25.8 Å². The fourth-order valence-electron chi connectivity index (χ4n) is 3.47. The highest BCUT2D eigenvalue weighted by Gasteiger charge is 2.53. The van der Waals surface area contributed by atoms with E-state index in [1.54, 1.807) is 0 Å². The summed E-state index contributed by atoms with van der Waals surface area (Å²) in [5.74, 6) is 1.34. The first kappa shape index (κ1) is 12.8. The van der Waals surface area contributed by atoms with Crippen LogP contribution in [-0.4, -0.2) is 28.4 Å². The van der Waals surface area contributed by atoms with Gasteiger partial charge in [0.05, 0.1) is 10.4 Å². The molecule has 2 rings (SSSR count). The molecular weight excluding hydrogens is 232 g/mol. The molecule has 3 nitrogen and oxygen atoms in total. The predicted octanol–water partition coefficient (Wildman–Crippen LogP) is 1.95. The molecular formula is C13H22N2OS. The zero-order valence-corrected chi connectivity index (χ0v) is 11.7. The first-order chi connectivity index (χ1) is 7.86. The van der Waals surface area contributed by atoms with Gasteiger partial charge in [-0.15, -0.1) is 0 Å². The summed E-state index contributed by atoms with van der Waals surface area (Å²) in [7, 11) is 0. The lowest BCUT2D eigenvalue weighted by molar-refractivity contribution is -0.144. The van der Waals surface area contributed by atoms with E-state index in [-0.39, 0.29) is 5.91 Å². The second kappa shape index (κ2) is 4.23. The van der Waals surface area contributed by atoms with E-state index in [0.29, 0.717) is 22.9 Å². The maximum atomic E-state index is 12.7. The van der Waals surface area contributed by atoms with Gasteiger partial charge in [0.1, 0.15) is 0 Å². The van der Waals surface area contributed by atoms with Gasteiger partial charge in [0.15, 0.2) is 0 Å². The van der Waals surface area contributed by atoms with Crippen LogP contribution in [0.15, 0.2) is 0 Å². The van der Waals surface area contributed by atoms with Gasteiger partial charge in [-0.05, 0) is 38.0 Å². The first-order valence-corrected chi connectivity index (χ1v) is 6.88. The van der Waals surface area contributed by atoms with E-state index in [4.69, 9.17) is 18.0 Å². The van der Waals surface area contributed by atoms with Gasteiger partial charge in [0.2, 0.25) is 5.91 Å². The third-order valence-electron chi connectivity index (χ3n) is 4.32. The van der Waals surface area contributed by atoms with Crippen molar-refractivity contribution in [2.75, 3.05) is 6.54 Å². The van der Waals surface area contributed by atoms with E-state index in [1.807, 2.05) is 4.90 Å². The van der Waals surface area contributed by atoms with Crippen molar-refractivity contribution < 1.29 is 4.79 Å². The Kier molecular flexibility index (Phi) is 3.19. The minimum Gasteiger partial charge on any atom is -0.392 e. The summed E-state index contributed by atoms with van der Waals surface area (Å²) in [4.78, 5) is 15.0. The number of likely N-dealkylation sites (tertiary alicyclic amines) is 1. The lowest BCUT2D eigenvalue weighted by Crippen LogP contribution is -2.57. The minimum atomic E-state index is -0.521. The molecule has 1 aliphatic heterocycles. The molecule has 1 heterocycles. The van der Waals surface area contributed by atoms with E-state index < -0.39 is 5.41 Å². The minimum absolute atomic E-state index is 0.181. The molecule has 1 saturated carbocycles. The molecule has 1 amide bonds. The monoisotopic (exact) mass is 254 g/mol. The quantitative estimate of drug-likeness (QED) is 0.766. The lowest BCUT2D eigenvalue weighted by atomic mass is 9.61. The molecule has 2 atom stereocenters. The number of nitrogens with zero attached hydrogens (tertiary/aromatic N) is 1. The van der Waals surface area contributed by atoms with Gasteiger partial charge in [-0.1, -0.05) is 26.1 Å². The second-order valence-electron chi connectivity index (χ2n) is 6.11. The molecule has 0 spiro atoms. The fourth-order valence-corrected chi connectivity index (χ4v) is 3.72. The number of carbonyl (C=O) groups is 1. The van der Waals surface area contributed by atoms with E-state index in [1.165, 1.54) is 0 Å². The van der Waals surface area contributed by atoms with Crippen molar-refractivity contribution in [2.24, 2.45) is 23.0 Å². The van der Waals surface area contributed by atoms with Crippen LogP contribution in [0.4, 0.5) is 0 Å². The standard InChI is InChI=1S/C13H22N2OS/c1-8-4-10(3)15(7-8)12(16)13(11(14)17)5-9(2)6-13/h8-10H,4-7H2,1-3H3,(H2,14,17). The first-order valence-electron chi connectivity index (χ1n) is 6.48. The zero-order chi connectivity index (χ0) is 12.8. The highest BCUT2D eigenvalue weighted by atomic mass is 32.1. The summed E-state index contributed by atoms with van der Waals surface area (Å²) >= 11 is 5.14. The van der Waals surface area contributed by atoms with Crippen molar-refractivity contribution in [2.45, 2.75) is 46.1 Å². The molecule has 2 N–H and O–H groups in total. The molecule has 0 aromatic heterocycles. The smallest absolute Gasteiger partial charge is 0.235 e. The van der Waals surface area contributed by atoms with Crippen LogP contribution in [-0.2, 0) is 4.79 Å². The number of rotatable bonds is 2. The van der Waals surface area contributed by atoms with Crippen LogP contribution in [0.5, 0.6) is 0 Å². The van der Waals surface area contributed by atoms with Crippen LogP contribution < -0.4 is 5.73 Å². The van der Waals surface area contributed by atoms with Crippen molar-refractivity contribution >= 4 is 23.1 Å². The van der Waals surface area contributed by atoms with Gasteiger partial charge in [0, 0.05) is 12.6 Å². The maximum Gasteiger partial charge on any atom is 0.235 e. The zero-order valence-electron chi connectivity index (χ0n) is 10.9. The van der Waals surface area contributed by atoms with Crippen LogP contribution in [0.1, 0.15) is 40.0 Å². The average Bonchev–Trinajstić information content (AvgIpc) is 2.51. The van der Waals surface area contributed by atoms with Crippen molar-refractivity contribution in [1.82, 2.24) is 4.90 Å². The third-order valence-corrected chi connectivity index (χ3v) is 4.71. The topological polar surface area (TPSA) is 46.3 Å². The molecule has 0 aromatic rings. The number of carbonyl (C=O) groups excluding carboxylic acids is 1. The van der Waals surface area contributed by atoms with Gasteiger partial charge in [-0.3, -0.25) is 4.79 Å². The van der Waals surface area contributed by atoms with Crippen LogP contribution >= 0.6 is 12.2 Å². The molecule has 2 unspecified atom stereocenters. The van der Waals surface area contributed by atoms with Gasteiger partial charge in [-0.2, -0.15) is 0 Å². The molecule has 2 aliphatic rings. The molecule has 4 heteroatoms. The third kappa shape index (κ3) is 1.96. The van der Waals surface area contributed by atoms with Crippen molar-refractivity contribution in [1.29, 1.82) is 0 Å². The molecule has 1 saturated heterocycles. The fraction of sp³-hybridized carbons (Fsp3) is 0.846. The summed E-state index contributed by atoms with van der Waals surface area (Å²) in [5, 5.41) is 0. The van der Waals surface area contributed by atoms with Crippen molar-refractivity contribution in [3.8, 4) is 0 Å². The number of amides is 1. The summed E-state index contributed by atoms with van der Waals surface area (Å²) in [5.41, 5.74) is 5.31. The molecule has 96 valence electrons.